The Hall–Kier alpha value is -3.68. The van der Waals surface area contributed by atoms with Gasteiger partial charge in [0.1, 0.15) is 5.69 Å². The lowest BCUT2D eigenvalue weighted by Gasteiger charge is -2.06. The van der Waals surface area contributed by atoms with Gasteiger partial charge in [0.15, 0.2) is 0 Å². The molecule has 0 saturated carbocycles. The molecule has 0 unspecified atom stereocenters. The lowest BCUT2D eigenvalue weighted by molar-refractivity contribution is -0.384. The lowest BCUT2D eigenvalue weighted by Crippen LogP contribution is -2.18. The molecule has 1 amide bonds. The van der Waals surface area contributed by atoms with E-state index in [2.05, 4.69) is 9.97 Å². The maximum absolute atomic E-state index is 12.7. The molecule has 0 spiro atoms. The predicted molar refractivity (Wildman–Crippen MR) is 84.6 cm³/mol. The standard InChI is InChI=1S/C16H10N4O4/c17-15(22)16-18-12-8-10(20(23)24)6-7-11(12)13(19-16)14(21)9-4-2-1-3-5-9/h1-8H,(H2,17,22). The molecular formula is C16H10N4O4. The van der Waals surface area contributed by atoms with Crippen LogP contribution in [0.4, 0.5) is 5.69 Å². The van der Waals surface area contributed by atoms with Crippen LogP contribution in [0, 0.1) is 10.1 Å². The van der Waals surface area contributed by atoms with Crippen LogP contribution in [0.15, 0.2) is 48.5 Å². The molecule has 1 heterocycles. The van der Waals surface area contributed by atoms with Crippen molar-refractivity contribution in [3.8, 4) is 0 Å². The van der Waals surface area contributed by atoms with Crippen LogP contribution in [0.2, 0.25) is 0 Å². The molecule has 2 aromatic carbocycles. The monoisotopic (exact) mass is 322 g/mol. The number of carbonyl (C=O) groups is 2. The molecule has 0 aliphatic carbocycles. The van der Waals surface area contributed by atoms with Gasteiger partial charge in [-0.15, -0.1) is 0 Å². The van der Waals surface area contributed by atoms with Crippen molar-refractivity contribution < 1.29 is 14.5 Å². The fourth-order valence-corrected chi connectivity index (χ4v) is 2.24. The summed E-state index contributed by atoms with van der Waals surface area (Å²) in [4.78, 5) is 42.3. The minimum atomic E-state index is -0.925. The Morgan fingerprint density at radius 3 is 2.38 bits per heavy atom. The van der Waals surface area contributed by atoms with E-state index in [0.717, 1.165) is 0 Å². The molecule has 0 fully saturated rings. The van der Waals surface area contributed by atoms with Gasteiger partial charge in [0.2, 0.25) is 11.6 Å². The van der Waals surface area contributed by atoms with Gasteiger partial charge in [-0.2, -0.15) is 0 Å². The second-order valence-corrected chi connectivity index (χ2v) is 4.91. The van der Waals surface area contributed by atoms with Crippen LogP contribution in [0.3, 0.4) is 0 Å². The van der Waals surface area contributed by atoms with Crippen LogP contribution < -0.4 is 5.73 Å². The summed E-state index contributed by atoms with van der Waals surface area (Å²) in [5.41, 5.74) is 5.43. The maximum atomic E-state index is 12.7. The Balaban J connectivity index is 2.27. The van der Waals surface area contributed by atoms with Crippen molar-refractivity contribution in [3.05, 3.63) is 75.7 Å². The van der Waals surface area contributed by atoms with Gasteiger partial charge >= 0.3 is 0 Å². The highest BCUT2D eigenvalue weighted by Gasteiger charge is 2.20. The van der Waals surface area contributed by atoms with Gasteiger partial charge in [-0.05, 0) is 6.07 Å². The van der Waals surface area contributed by atoms with Crippen LogP contribution in [-0.4, -0.2) is 26.6 Å². The van der Waals surface area contributed by atoms with E-state index in [0.29, 0.717) is 10.9 Å². The van der Waals surface area contributed by atoms with Crippen LogP contribution in [0.1, 0.15) is 26.7 Å². The lowest BCUT2D eigenvalue weighted by atomic mass is 10.0. The van der Waals surface area contributed by atoms with Gasteiger partial charge in [-0.1, -0.05) is 30.3 Å². The van der Waals surface area contributed by atoms with E-state index in [9.17, 15) is 19.7 Å². The van der Waals surface area contributed by atoms with Crippen molar-refractivity contribution in [2.24, 2.45) is 5.73 Å². The summed E-state index contributed by atoms with van der Waals surface area (Å²) in [7, 11) is 0. The fraction of sp³-hybridized carbons (Fsp3) is 0. The SMILES string of the molecule is NC(=O)c1nc(C(=O)c2ccccc2)c2ccc([N+](=O)[O-])cc2n1. The minimum absolute atomic E-state index is 0.0325. The van der Waals surface area contributed by atoms with Gasteiger partial charge < -0.3 is 5.73 Å². The second-order valence-electron chi connectivity index (χ2n) is 4.91. The van der Waals surface area contributed by atoms with Gasteiger partial charge in [-0.25, -0.2) is 9.97 Å². The number of nitrogens with two attached hydrogens (primary N) is 1. The Labute approximate surface area is 135 Å². The quantitative estimate of drug-likeness (QED) is 0.443. The number of fused-ring (bicyclic) bond motifs is 1. The summed E-state index contributed by atoms with van der Waals surface area (Å²) < 4.78 is 0. The molecule has 3 rings (SSSR count). The summed E-state index contributed by atoms with van der Waals surface area (Å²) in [6.45, 7) is 0. The second kappa shape index (κ2) is 5.84. The summed E-state index contributed by atoms with van der Waals surface area (Å²) >= 11 is 0. The molecule has 8 heteroatoms. The normalized spacial score (nSPS) is 10.5. The van der Waals surface area contributed by atoms with Gasteiger partial charge in [-0.3, -0.25) is 19.7 Å². The number of nitro benzene ring substituents is 1. The number of carbonyl (C=O) groups excluding carboxylic acids is 2. The summed E-state index contributed by atoms with van der Waals surface area (Å²) in [5, 5.41) is 11.2. The minimum Gasteiger partial charge on any atom is -0.363 e. The largest absolute Gasteiger partial charge is 0.363 e. The number of hydrogen-bond donors (Lipinski definition) is 1. The zero-order chi connectivity index (χ0) is 17.3. The highest BCUT2D eigenvalue weighted by molar-refractivity contribution is 6.15. The fourth-order valence-electron chi connectivity index (χ4n) is 2.24. The van der Waals surface area contributed by atoms with Crippen molar-refractivity contribution in [2.45, 2.75) is 0 Å². The third-order valence-electron chi connectivity index (χ3n) is 3.36. The van der Waals surface area contributed by atoms with Gasteiger partial charge in [0.25, 0.3) is 11.6 Å². The molecule has 0 saturated heterocycles. The highest BCUT2D eigenvalue weighted by Crippen LogP contribution is 2.23. The Morgan fingerprint density at radius 1 is 1.04 bits per heavy atom. The van der Waals surface area contributed by atoms with Crippen molar-refractivity contribution in [3.63, 3.8) is 0 Å². The van der Waals surface area contributed by atoms with Crippen molar-refractivity contribution in [1.29, 1.82) is 0 Å². The van der Waals surface area contributed by atoms with Crippen LogP contribution in [0.25, 0.3) is 10.9 Å². The molecule has 0 aliphatic rings. The molecule has 24 heavy (non-hydrogen) atoms. The first-order chi connectivity index (χ1) is 11.5. The predicted octanol–water partition coefficient (Wildman–Crippen LogP) is 1.87. The highest BCUT2D eigenvalue weighted by atomic mass is 16.6. The van der Waals surface area contributed by atoms with Crippen molar-refractivity contribution >= 4 is 28.3 Å². The summed E-state index contributed by atoms with van der Waals surface area (Å²) in [6, 6.07) is 12.1. The first-order valence-corrected chi connectivity index (χ1v) is 6.83. The number of amides is 1. The first-order valence-electron chi connectivity index (χ1n) is 6.83. The average Bonchev–Trinajstić information content (AvgIpc) is 2.60. The third kappa shape index (κ3) is 2.68. The smallest absolute Gasteiger partial charge is 0.286 e. The van der Waals surface area contributed by atoms with E-state index < -0.39 is 16.6 Å². The number of ketones is 1. The van der Waals surface area contributed by atoms with E-state index in [1.807, 2.05) is 0 Å². The number of non-ortho nitro benzene ring substituents is 1. The summed E-state index contributed by atoms with van der Waals surface area (Å²) in [5.74, 6) is -1.73. The van der Waals surface area contributed by atoms with Gasteiger partial charge in [0.05, 0.1) is 10.4 Å². The average molecular weight is 322 g/mol. The molecule has 0 aliphatic heterocycles. The van der Waals surface area contributed by atoms with E-state index in [-0.39, 0.29) is 22.7 Å². The molecule has 3 aromatic rings. The van der Waals surface area contributed by atoms with E-state index >= 15 is 0 Å². The first kappa shape index (κ1) is 15.2. The molecule has 118 valence electrons. The maximum Gasteiger partial charge on any atom is 0.286 e. The van der Waals surface area contributed by atoms with E-state index in [1.165, 1.54) is 18.2 Å². The molecule has 2 N–H and O–H groups in total. The Bertz CT molecular complexity index is 981. The van der Waals surface area contributed by atoms with Crippen LogP contribution >= 0.6 is 0 Å². The zero-order valence-corrected chi connectivity index (χ0v) is 12.2. The number of rotatable bonds is 4. The number of nitro groups is 1. The number of hydrogen-bond acceptors (Lipinski definition) is 6. The Morgan fingerprint density at radius 2 is 1.75 bits per heavy atom. The molecule has 8 nitrogen and oxygen atoms in total. The zero-order valence-electron chi connectivity index (χ0n) is 12.2. The molecule has 0 radical (unpaired) electrons. The van der Waals surface area contributed by atoms with E-state index in [4.69, 9.17) is 5.73 Å². The number of aromatic nitrogens is 2. The van der Waals surface area contributed by atoms with Crippen LogP contribution in [-0.2, 0) is 0 Å². The number of nitrogens with zero attached hydrogens (tertiary/aromatic N) is 3. The Kier molecular flexibility index (Phi) is 3.70. The molecule has 0 bridgehead atoms. The van der Waals surface area contributed by atoms with Gasteiger partial charge in [0, 0.05) is 23.1 Å². The summed E-state index contributed by atoms with van der Waals surface area (Å²) in [6.07, 6.45) is 0. The number of benzene rings is 2. The van der Waals surface area contributed by atoms with Crippen molar-refractivity contribution in [1.82, 2.24) is 9.97 Å². The van der Waals surface area contributed by atoms with Crippen molar-refractivity contribution in [2.75, 3.05) is 0 Å². The molecule has 0 atom stereocenters. The molecule has 1 aromatic heterocycles. The van der Waals surface area contributed by atoms with Crippen LogP contribution in [0.5, 0.6) is 0 Å². The molecular weight excluding hydrogens is 312 g/mol. The topological polar surface area (TPSA) is 129 Å². The number of primary amides is 1. The third-order valence-corrected chi connectivity index (χ3v) is 3.36. The van der Waals surface area contributed by atoms with E-state index in [1.54, 1.807) is 30.3 Å².